The Morgan fingerprint density at radius 1 is 0.905 bits per heavy atom. The van der Waals surface area contributed by atoms with E-state index in [1.807, 2.05) is 42.5 Å². The van der Waals surface area contributed by atoms with E-state index in [1.54, 1.807) is 18.5 Å². The smallest absolute Gasteiger partial charge is 0.255 e. The van der Waals surface area contributed by atoms with E-state index < -0.39 is 0 Å². The van der Waals surface area contributed by atoms with Gasteiger partial charge in [0.25, 0.3) is 11.8 Å². The number of amides is 2. The van der Waals surface area contributed by atoms with Crippen LogP contribution in [-0.2, 0) is 12.0 Å². The first-order valence-corrected chi connectivity index (χ1v) is 15.0. The maximum Gasteiger partial charge on any atom is 0.255 e. The Hall–Kier alpha value is -3.82. The summed E-state index contributed by atoms with van der Waals surface area (Å²) in [5.41, 5.74) is 10.2. The number of nitrogens with two attached hydrogens (primary N) is 1. The van der Waals surface area contributed by atoms with Gasteiger partial charge in [0.05, 0.1) is 0 Å². The quantitative estimate of drug-likeness (QED) is 0.387. The third-order valence-corrected chi connectivity index (χ3v) is 8.37. The molecule has 2 aromatic carbocycles. The molecule has 0 spiro atoms. The molecule has 2 unspecified atom stereocenters. The summed E-state index contributed by atoms with van der Waals surface area (Å²) < 4.78 is 0. The summed E-state index contributed by atoms with van der Waals surface area (Å²) in [7, 11) is 0. The fourth-order valence-electron chi connectivity index (χ4n) is 5.68. The van der Waals surface area contributed by atoms with Gasteiger partial charge >= 0.3 is 0 Å². The molecule has 222 valence electrons. The van der Waals surface area contributed by atoms with Crippen molar-refractivity contribution in [3.8, 4) is 0 Å². The molecular formula is C33H43N7O2. The van der Waals surface area contributed by atoms with E-state index in [9.17, 15) is 9.59 Å². The summed E-state index contributed by atoms with van der Waals surface area (Å²) in [5.74, 6) is 0.385. The number of piperazine rings is 1. The lowest BCUT2D eigenvalue weighted by Crippen LogP contribution is -2.49. The van der Waals surface area contributed by atoms with Crippen LogP contribution in [-0.4, -0.2) is 64.9 Å². The Balaban J connectivity index is 1.33. The molecule has 9 nitrogen and oxygen atoms in total. The lowest BCUT2D eigenvalue weighted by atomic mass is 9.86. The highest BCUT2D eigenvalue weighted by Crippen LogP contribution is 2.25. The first kappa shape index (κ1) is 29.7. The van der Waals surface area contributed by atoms with Crippen LogP contribution in [0.2, 0.25) is 0 Å². The lowest BCUT2D eigenvalue weighted by molar-refractivity contribution is 0.0920. The van der Waals surface area contributed by atoms with Crippen molar-refractivity contribution >= 4 is 23.5 Å². The average molecular weight is 570 g/mol. The Morgan fingerprint density at radius 2 is 1.57 bits per heavy atom. The van der Waals surface area contributed by atoms with Crippen LogP contribution < -0.4 is 21.3 Å². The number of aromatic nitrogens is 2. The van der Waals surface area contributed by atoms with Gasteiger partial charge in [-0.25, -0.2) is 9.97 Å². The molecule has 2 atom stereocenters. The van der Waals surface area contributed by atoms with Crippen molar-refractivity contribution in [3.05, 3.63) is 83.2 Å². The van der Waals surface area contributed by atoms with Crippen molar-refractivity contribution in [1.82, 2.24) is 20.2 Å². The number of carbonyl (C=O) groups excluding carboxylic acids is 2. The monoisotopic (exact) mass is 569 g/mol. The Labute approximate surface area is 248 Å². The molecule has 1 aliphatic carbocycles. The Kier molecular flexibility index (Phi) is 9.18. The normalized spacial score (nSPS) is 19.8. The van der Waals surface area contributed by atoms with E-state index in [0.717, 1.165) is 63.4 Å². The number of hydrogen-bond donors (Lipinski definition) is 3. The van der Waals surface area contributed by atoms with Crippen LogP contribution in [0, 0.1) is 0 Å². The Morgan fingerprint density at radius 3 is 2.24 bits per heavy atom. The summed E-state index contributed by atoms with van der Waals surface area (Å²) in [6.07, 6.45) is 7.50. The fourth-order valence-corrected chi connectivity index (χ4v) is 5.68. The van der Waals surface area contributed by atoms with E-state index in [-0.39, 0.29) is 29.3 Å². The van der Waals surface area contributed by atoms with Crippen LogP contribution in [0.15, 0.2) is 60.9 Å². The zero-order valence-corrected chi connectivity index (χ0v) is 25.0. The van der Waals surface area contributed by atoms with Crippen molar-refractivity contribution < 1.29 is 9.59 Å². The number of carbonyl (C=O) groups is 2. The average Bonchev–Trinajstić information content (AvgIpc) is 2.99. The highest BCUT2D eigenvalue weighted by Gasteiger charge is 2.25. The molecule has 0 radical (unpaired) electrons. The fraction of sp³-hybridized carbons (Fsp3) is 0.455. The summed E-state index contributed by atoms with van der Waals surface area (Å²) in [6, 6.07) is 15.1. The summed E-state index contributed by atoms with van der Waals surface area (Å²) in [5, 5.41) is 6.25. The number of anilines is 2. The topological polar surface area (TPSA) is 116 Å². The SMILES string of the molecule is CC(C)(C)c1ccc(C(=O)Nc2cc(C(=O)NC3CCCCC3N)ccc2CN2CCN(c3ncccn3)CC2)cc1. The van der Waals surface area contributed by atoms with Gasteiger partial charge in [-0.15, -0.1) is 0 Å². The van der Waals surface area contributed by atoms with E-state index in [4.69, 9.17) is 5.73 Å². The van der Waals surface area contributed by atoms with Gasteiger partial charge in [0.1, 0.15) is 0 Å². The van der Waals surface area contributed by atoms with E-state index >= 15 is 0 Å². The van der Waals surface area contributed by atoms with Crippen LogP contribution >= 0.6 is 0 Å². The standard InChI is InChI=1S/C33H43N7O2/c1-33(2,3)26-13-11-23(12-14-26)30(41)38-29-21-24(31(42)37-28-8-5-4-7-27(28)34)9-10-25(29)22-39-17-19-40(20-18-39)32-35-15-6-16-36-32/h6,9-16,21,27-28H,4-5,7-8,17-20,22,34H2,1-3H3,(H,37,42)(H,38,41). The van der Waals surface area contributed by atoms with Crippen molar-refractivity contribution in [2.75, 3.05) is 36.4 Å². The van der Waals surface area contributed by atoms with Crippen molar-refractivity contribution in [3.63, 3.8) is 0 Å². The van der Waals surface area contributed by atoms with E-state index in [1.165, 1.54) is 5.56 Å². The minimum atomic E-state index is -0.199. The molecule has 0 bridgehead atoms. The number of rotatable bonds is 7. The molecular weight excluding hydrogens is 526 g/mol. The number of hydrogen-bond acceptors (Lipinski definition) is 7. The third kappa shape index (κ3) is 7.33. The first-order valence-electron chi connectivity index (χ1n) is 15.0. The summed E-state index contributed by atoms with van der Waals surface area (Å²) in [4.78, 5) is 40.0. The van der Waals surface area contributed by atoms with Crippen LogP contribution in [0.4, 0.5) is 11.6 Å². The first-order chi connectivity index (χ1) is 20.2. The zero-order valence-electron chi connectivity index (χ0n) is 25.0. The van der Waals surface area contributed by atoms with Crippen LogP contribution in [0.3, 0.4) is 0 Å². The predicted molar refractivity (Wildman–Crippen MR) is 167 cm³/mol. The second kappa shape index (κ2) is 13.0. The van der Waals surface area contributed by atoms with E-state index in [2.05, 4.69) is 51.2 Å². The van der Waals surface area contributed by atoms with Gasteiger partial charge in [-0.2, -0.15) is 0 Å². The second-order valence-corrected chi connectivity index (χ2v) is 12.5. The van der Waals surface area contributed by atoms with E-state index in [0.29, 0.717) is 23.4 Å². The molecule has 1 saturated heterocycles. The molecule has 2 aliphatic rings. The van der Waals surface area contributed by atoms with Gasteiger partial charge < -0.3 is 21.3 Å². The number of benzene rings is 2. The minimum Gasteiger partial charge on any atom is -0.348 e. The molecule has 5 rings (SSSR count). The summed E-state index contributed by atoms with van der Waals surface area (Å²) in [6.45, 7) is 10.4. The molecule has 3 aromatic rings. The molecule has 1 aromatic heterocycles. The lowest BCUT2D eigenvalue weighted by Gasteiger charge is -2.35. The molecule has 2 fully saturated rings. The third-order valence-electron chi connectivity index (χ3n) is 8.37. The molecule has 2 heterocycles. The largest absolute Gasteiger partial charge is 0.348 e. The number of nitrogens with one attached hydrogen (secondary N) is 2. The maximum absolute atomic E-state index is 13.4. The zero-order chi connectivity index (χ0) is 29.7. The van der Waals surface area contributed by atoms with Crippen LogP contribution in [0.5, 0.6) is 0 Å². The molecule has 4 N–H and O–H groups in total. The van der Waals surface area contributed by atoms with Crippen molar-refractivity contribution in [2.45, 2.75) is 70.5 Å². The summed E-state index contributed by atoms with van der Waals surface area (Å²) >= 11 is 0. The van der Waals surface area contributed by atoms with Gasteiger partial charge in [0.2, 0.25) is 5.95 Å². The molecule has 9 heteroatoms. The van der Waals surface area contributed by atoms with Gasteiger partial charge in [0, 0.05) is 74.0 Å². The van der Waals surface area contributed by atoms with Crippen LogP contribution in [0.25, 0.3) is 0 Å². The van der Waals surface area contributed by atoms with Gasteiger partial charge in [-0.05, 0) is 59.7 Å². The van der Waals surface area contributed by atoms with Gasteiger partial charge in [0.15, 0.2) is 0 Å². The maximum atomic E-state index is 13.4. The van der Waals surface area contributed by atoms with Gasteiger partial charge in [-0.1, -0.05) is 51.8 Å². The second-order valence-electron chi connectivity index (χ2n) is 12.5. The highest BCUT2D eigenvalue weighted by atomic mass is 16.2. The molecule has 1 saturated carbocycles. The minimum absolute atomic E-state index is 0.00139. The van der Waals surface area contributed by atoms with Gasteiger partial charge in [-0.3, -0.25) is 14.5 Å². The highest BCUT2D eigenvalue weighted by molar-refractivity contribution is 6.05. The molecule has 2 amide bonds. The number of nitrogens with zero attached hydrogens (tertiary/aromatic N) is 4. The van der Waals surface area contributed by atoms with Crippen molar-refractivity contribution in [2.24, 2.45) is 5.73 Å². The Bertz CT molecular complexity index is 1360. The molecule has 1 aliphatic heterocycles. The predicted octanol–water partition coefficient (Wildman–Crippen LogP) is 4.35. The van der Waals surface area contributed by atoms with Crippen molar-refractivity contribution in [1.29, 1.82) is 0 Å². The molecule has 42 heavy (non-hydrogen) atoms. The van der Waals surface area contributed by atoms with Crippen LogP contribution in [0.1, 0.15) is 78.3 Å².